The SMILES string of the molecule is COc1ccc(CC2CCN(C(=O)c3ncoc3C)C2)cc1. The summed E-state index contributed by atoms with van der Waals surface area (Å²) in [6.07, 6.45) is 3.33. The van der Waals surface area contributed by atoms with E-state index in [-0.39, 0.29) is 5.91 Å². The van der Waals surface area contributed by atoms with E-state index in [1.54, 1.807) is 14.0 Å². The number of amides is 1. The molecule has 1 amide bonds. The number of aryl methyl sites for hydroxylation is 1. The van der Waals surface area contributed by atoms with Crippen molar-refractivity contribution in [2.24, 2.45) is 5.92 Å². The van der Waals surface area contributed by atoms with Crippen molar-refractivity contribution in [3.05, 3.63) is 47.7 Å². The van der Waals surface area contributed by atoms with E-state index in [4.69, 9.17) is 9.15 Å². The molecular weight excluding hydrogens is 280 g/mol. The Hall–Kier alpha value is -2.30. The van der Waals surface area contributed by atoms with Gasteiger partial charge in [-0.25, -0.2) is 4.98 Å². The average Bonchev–Trinajstić information content (AvgIpc) is 3.16. The zero-order valence-electron chi connectivity index (χ0n) is 12.9. The molecule has 1 unspecified atom stereocenters. The Kier molecular flexibility index (Phi) is 4.13. The molecule has 1 aliphatic rings. The quantitative estimate of drug-likeness (QED) is 0.871. The summed E-state index contributed by atoms with van der Waals surface area (Å²) in [5.41, 5.74) is 1.71. The number of methoxy groups -OCH3 is 1. The van der Waals surface area contributed by atoms with Crippen LogP contribution < -0.4 is 4.74 Å². The van der Waals surface area contributed by atoms with Gasteiger partial charge in [0, 0.05) is 13.1 Å². The van der Waals surface area contributed by atoms with Gasteiger partial charge in [0.15, 0.2) is 12.1 Å². The third-order valence-electron chi connectivity index (χ3n) is 4.20. The molecule has 1 aliphatic heterocycles. The predicted molar refractivity (Wildman–Crippen MR) is 81.9 cm³/mol. The van der Waals surface area contributed by atoms with Gasteiger partial charge < -0.3 is 14.1 Å². The summed E-state index contributed by atoms with van der Waals surface area (Å²) in [4.78, 5) is 18.3. The van der Waals surface area contributed by atoms with Crippen LogP contribution in [0.25, 0.3) is 0 Å². The highest BCUT2D eigenvalue weighted by molar-refractivity contribution is 5.93. The van der Waals surface area contributed by atoms with Crippen molar-refractivity contribution in [1.82, 2.24) is 9.88 Å². The number of oxazole rings is 1. The van der Waals surface area contributed by atoms with E-state index in [1.807, 2.05) is 17.0 Å². The highest BCUT2D eigenvalue weighted by Gasteiger charge is 2.29. The Balaban J connectivity index is 1.60. The van der Waals surface area contributed by atoms with Crippen LogP contribution in [0, 0.1) is 12.8 Å². The maximum atomic E-state index is 12.4. The molecule has 3 rings (SSSR count). The molecule has 2 heterocycles. The largest absolute Gasteiger partial charge is 0.497 e. The topological polar surface area (TPSA) is 55.6 Å². The Morgan fingerprint density at radius 3 is 2.82 bits per heavy atom. The summed E-state index contributed by atoms with van der Waals surface area (Å²) in [5.74, 6) is 1.92. The first kappa shape index (κ1) is 14.6. The number of hydrogen-bond acceptors (Lipinski definition) is 4. The second-order valence-electron chi connectivity index (χ2n) is 5.72. The van der Waals surface area contributed by atoms with E-state index in [0.717, 1.165) is 31.7 Å². The first-order valence-corrected chi connectivity index (χ1v) is 7.49. The van der Waals surface area contributed by atoms with Gasteiger partial charge in [0.25, 0.3) is 5.91 Å². The van der Waals surface area contributed by atoms with Crippen LogP contribution in [0.4, 0.5) is 0 Å². The average molecular weight is 300 g/mol. The van der Waals surface area contributed by atoms with Crippen molar-refractivity contribution in [3.63, 3.8) is 0 Å². The normalized spacial score (nSPS) is 17.7. The molecule has 0 bridgehead atoms. The molecule has 2 aromatic rings. The van der Waals surface area contributed by atoms with E-state index in [1.165, 1.54) is 12.0 Å². The number of aromatic nitrogens is 1. The molecule has 5 heteroatoms. The highest BCUT2D eigenvalue weighted by atomic mass is 16.5. The van der Waals surface area contributed by atoms with Gasteiger partial charge in [0.1, 0.15) is 11.5 Å². The lowest BCUT2D eigenvalue weighted by Crippen LogP contribution is -2.29. The van der Waals surface area contributed by atoms with E-state index in [0.29, 0.717) is 17.4 Å². The van der Waals surface area contributed by atoms with E-state index in [9.17, 15) is 4.79 Å². The number of carbonyl (C=O) groups is 1. The molecule has 116 valence electrons. The van der Waals surface area contributed by atoms with Gasteiger partial charge in [0.05, 0.1) is 7.11 Å². The van der Waals surface area contributed by atoms with E-state index in [2.05, 4.69) is 17.1 Å². The highest BCUT2D eigenvalue weighted by Crippen LogP contribution is 2.24. The third kappa shape index (κ3) is 2.98. The lowest BCUT2D eigenvalue weighted by atomic mass is 9.99. The molecule has 1 atom stereocenters. The Morgan fingerprint density at radius 2 is 2.18 bits per heavy atom. The summed E-state index contributed by atoms with van der Waals surface area (Å²) < 4.78 is 10.3. The van der Waals surface area contributed by atoms with Crippen LogP contribution in [0.2, 0.25) is 0 Å². The number of nitrogens with zero attached hydrogens (tertiary/aromatic N) is 2. The Morgan fingerprint density at radius 1 is 1.41 bits per heavy atom. The number of carbonyl (C=O) groups excluding carboxylic acids is 1. The van der Waals surface area contributed by atoms with Gasteiger partial charge in [0.2, 0.25) is 0 Å². The Labute approximate surface area is 129 Å². The maximum absolute atomic E-state index is 12.4. The van der Waals surface area contributed by atoms with Crippen LogP contribution in [0.3, 0.4) is 0 Å². The number of ether oxygens (including phenoxy) is 1. The van der Waals surface area contributed by atoms with E-state index >= 15 is 0 Å². The second-order valence-corrected chi connectivity index (χ2v) is 5.72. The lowest BCUT2D eigenvalue weighted by Gasteiger charge is -2.15. The van der Waals surface area contributed by atoms with Crippen LogP contribution in [-0.2, 0) is 6.42 Å². The number of rotatable bonds is 4. The maximum Gasteiger partial charge on any atom is 0.276 e. The molecule has 0 radical (unpaired) electrons. The third-order valence-corrected chi connectivity index (χ3v) is 4.20. The fourth-order valence-corrected chi connectivity index (χ4v) is 2.94. The van der Waals surface area contributed by atoms with Crippen molar-refractivity contribution >= 4 is 5.91 Å². The standard InChI is InChI=1S/C17H20N2O3/c1-12-16(18-11-22-12)17(20)19-8-7-14(10-19)9-13-3-5-15(21-2)6-4-13/h3-6,11,14H,7-10H2,1-2H3. The molecule has 0 spiro atoms. The van der Waals surface area contributed by atoms with Gasteiger partial charge in [-0.05, 0) is 43.4 Å². The lowest BCUT2D eigenvalue weighted by molar-refractivity contribution is 0.0780. The van der Waals surface area contributed by atoms with Crippen molar-refractivity contribution in [3.8, 4) is 5.75 Å². The fraction of sp³-hybridized carbons (Fsp3) is 0.412. The first-order valence-electron chi connectivity index (χ1n) is 7.49. The molecule has 22 heavy (non-hydrogen) atoms. The fourth-order valence-electron chi connectivity index (χ4n) is 2.94. The van der Waals surface area contributed by atoms with Gasteiger partial charge in [-0.2, -0.15) is 0 Å². The van der Waals surface area contributed by atoms with Gasteiger partial charge in [-0.3, -0.25) is 4.79 Å². The minimum Gasteiger partial charge on any atom is -0.497 e. The number of likely N-dealkylation sites (tertiary alicyclic amines) is 1. The van der Waals surface area contributed by atoms with Crippen LogP contribution in [0.5, 0.6) is 5.75 Å². The summed E-state index contributed by atoms with van der Waals surface area (Å²) in [6.45, 7) is 3.33. The van der Waals surface area contributed by atoms with Gasteiger partial charge in [-0.1, -0.05) is 12.1 Å². The van der Waals surface area contributed by atoms with E-state index < -0.39 is 0 Å². The first-order chi connectivity index (χ1) is 10.7. The molecule has 1 fully saturated rings. The van der Waals surface area contributed by atoms with Crippen molar-refractivity contribution in [2.75, 3.05) is 20.2 Å². The molecule has 1 saturated heterocycles. The van der Waals surface area contributed by atoms with Crippen LogP contribution in [0.1, 0.15) is 28.2 Å². The summed E-state index contributed by atoms with van der Waals surface area (Å²) in [5, 5.41) is 0. The molecule has 0 aliphatic carbocycles. The van der Waals surface area contributed by atoms with Crippen molar-refractivity contribution in [1.29, 1.82) is 0 Å². The van der Waals surface area contributed by atoms with Crippen molar-refractivity contribution < 1.29 is 13.9 Å². The molecule has 5 nitrogen and oxygen atoms in total. The summed E-state index contributed by atoms with van der Waals surface area (Å²) in [7, 11) is 1.67. The van der Waals surface area contributed by atoms with Crippen molar-refractivity contribution in [2.45, 2.75) is 19.8 Å². The Bertz CT molecular complexity index is 648. The minimum atomic E-state index is -0.0246. The second kappa shape index (κ2) is 6.22. The van der Waals surface area contributed by atoms with Crippen LogP contribution >= 0.6 is 0 Å². The van der Waals surface area contributed by atoms with Crippen LogP contribution in [-0.4, -0.2) is 36.0 Å². The predicted octanol–water partition coefficient (Wildman–Crippen LogP) is 2.70. The molecule has 0 saturated carbocycles. The molecule has 1 aromatic heterocycles. The number of hydrogen-bond donors (Lipinski definition) is 0. The smallest absolute Gasteiger partial charge is 0.276 e. The molecule has 0 N–H and O–H groups in total. The summed E-state index contributed by atoms with van der Waals surface area (Å²) in [6, 6.07) is 8.13. The number of benzene rings is 1. The molecule has 1 aromatic carbocycles. The monoisotopic (exact) mass is 300 g/mol. The van der Waals surface area contributed by atoms with Gasteiger partial charge >= 0.3 is 0 Å². The molecular formula is C17H20N2O3. The van der Waals surface area contributed by atoms with Gasteiger partial charge in [-0.15, -0.1) is 0 Å². The summed E-state index contributed by atoms with van der Waals surface area (Å²) >= 11 is 0. The minimum absolute atomic E-state index is 0.0246. The van der Waals surface area contributed by atoms with Crippen LogP contribution in [0.15, 0.2) is 35.1 Å². The zero-order valence-corrected chi connectivity index (χ0v) is 12.9. The zero-order chi connectivity index (χ0) is 15.5.